The van der Waals surface area contributed by atoms with Crippen LogP contribution in [-0.2, 0) is 20.8 Å². The quantitative estimate of drug-likeness (QED) is 0.626. The minimum atomic E-state index is -0.749. The summed E-state index contributed by atoms with van der Waals surface area (Å²) in [7, 11) is 0. The Kier molecular flexibility index (Phi) is 7.03. The summed E-state index contributed by atoms with van der Waals surface area (Å²) in [6.07, 6.45) is 6.82. The van der Waals surface area contributed by atoms with Gasteiger partial charge in [-0.05, 0) is 49.4 Å². The summed E-state index contributed by atoms with van der Waals surface area (Å²) in [6, 6.07) is 10.6. The molecule has 0 bridgehead atoms. The molecule has 4 N–H and O–H groups in total. The van der Waals surface area contributed by atoms with Gasteiger partial charge in [-0.25, -0.2) is 4.98 Å². The Labute approximate surface area is 193 Å². The van der Waals surface area contributed by atoms with Crippen LogP contribution in [0.1, 0.15) is 44.6 Å². The van der Waals surface area contributed by atoms with E-state index in [9.17, 15) is 14.4 Å². The number of carbonyl (C=O) groups is 3. The summed E-state index contributed by atoms with van der Waals surface area (Å²) in [4.78, 5) is 45.7. The van der Waals surface area contributed by atoms with Gasteiger partial charge in [0.2, 0.25) is 11.8 Å². The monoisotopic (exact) mass is 449 g/mol. The maximum absolute atomic E-state index is 14.0. The molecule has 2 heterocycles. The van der Waals surface area contributed by atoms with Crippen molar-refractivity contribution < 1.29 is 14.4 Å². The van der Waals surface area contributed by atoms with Crippen LogP contribution in [0.2, 0.25) is 0 Å². The first-order chi connectivity index (χ1) is 16.0. The SMILES string of the molecule is C[C@H](N)C(=O)NC(C(=O)N1c2ncccc2CC1C(=O)Nc1ccccc1)C1CCCCC1. The Morgan fingerprint density at radius 1 is 1.06 bits per heavy atom. The lowest BCUT2D eigenvalue weighted by molar-refractivity contribution is -0.130. The van der Waals surface area contributed by atoms with Gasteiger partial charge in [-0.1, -0.05) is 43.5 Å². The fraction of sp³-hybridized carbons (Fsp3) is 0.440. The molecule has 1 aliphatic carbocycles. The lowest BCUT2D eigenvalue weighted by atomic mass is 9.83. The fourth-order valence-electron chi connectivity index (χ4n) is 4.75. The van der Waals surface area contributed by atoms with Gasteiger partial charge in [0.05, 0.1) is 6.04 Å². The van der Waals surface area contributed by atoms with E-state index in [0.29, 0.717) is 17.9 Å². The van der Waals surface area contributed by atoms with Crippen LogP contribution in [0.25, 0.3) is 0 Å². The maximum Gasteiger partial charge on any atom is 0.251 e. The Bertz CT molecular complexity index is 1000. The van der Waals surface area contributed by atoms with E-state index in [2.05, 4.69) is 15.6 Å². The first-order valence-corrected chi connectivity index (χ1v) is 11.6. The number of hydrogen-bond acceptors (Lipinski definition) is 5. The van der Waals surface area contributed by atoms with Crippen molar-refractivity contribution in [3.63, 3.8) is 0 Å². The number of hydrogen-bond donors (Lipinski definition) is 3. The summed E-state index contributed by atoms with van der Waals surface area (Å²) in [5, 5.41) is 5.80. The molecular weight excluding hydrogens is 418 g/mol. The average Bonchev–Trinajstić information content (AvgIpc) is 3.23. The molecule has 0 radical (unpaired) electrons. The van der Waals surface area contributed by atoms with Gasteiger partial charge in [0.25, 0.3) is 5.91 Å². The van der Waals surface area contributed by atoms with Crippen LogP contribution >= 0.6 is 0 Å². The van der Waals surface area contributed by atoms with Crippen LogP contribution in [0.4, 0.5) is 11.5 Å². The molecular formula is C25H31N5O3. The van der Waals surface area contributed by atoms with Crippen LogP contribution in [0.5, 0.6) is 0 Å². The predicted octanol–water partition coefficient (Wildman–Crippen LogP) is 2.39. The minimum absolute atomic E-state index is 0.000420. The summed E-state index contributed by atoms with van der Waals surface area (Å²) >= 11 is 0. The van der Waals surface area contributed by atoms with Gasteiger partial charge < -0.3 is 16.4 Å². The lowest BCUT2D eigenvalue weighted by Crippen LogP contribution is -2.58. The number of aromatic nitrogens is 1. The van der Waals surface area contributed by atoms with Crippen molar-refractivity contribution in [2.75, 3.05) is 10.2 Å². The first-order valence-electron chi connectivity index (χ1n) is 11.6. The molecule has 2 unspecified atom stereocenters. The van der Waals surface area contributed by atoms with Crippen molar-refractivity contribution in [1.29, 1.82) is 0 Å². The second kappa shape index (κ2) is 10.1. The third-order valence-electron chi connectivity index (χ3n) is 6.50. The molecule has 3 amide bonds. The number of rotatable bonds is 6. The summed E-state index contributed by atoms with van der Waals surface area (Å²) in [6.45, 7) is 1.60. The molecule has 3 atom stereocenters. The third kappa shape index (κ3) is 5.06. The topological polar surface area (TPSA) is 117 Å². The van der Waals surface area contributed by atoms with E-state index in [1.165, 1.54) is 4.90 Å². The summed E-state index contributed by atoms with van der Waals surface area (Å²) < 4.78 is 0. The Morgan fingerprint density at radius 2 is 1.79 bits per heavy atom. The standard InChI is InChI=1S/C25H31N5O3/c1-16(26)23(31)29-21(17-9-4-2-5-10-17)25(33)30-20(15-18-11-8-14-27-22(18)30)24(32)28-19-12-6-3-7-13-19/h3,6-8,11-14,16-17,20-21H,2,4-5,9-10,15,26H2,1H3,(H,28,32)(H,29,31)/t16-,20?,21?/m0/s1. The minimum Gasteiger partial charge on any atom is -0.343 e. The first kappa shape index (κ1) is 22.9. The third-order valence-corrected chi connectivity index (χ3v) is 6.50. The molecule has 8 heteroatoms. The highest BCUT2D eigenvalue weighted by atomic mass is 16.2. The van der Waals surface area contributed by atoms with Gasteiger partial charge in [0.15, 0.2) is 0 Å². The van der Waals surface area contributed by atoms with Crippen molar-refractivity contribution in [1.82, 2.24) is 10.3 Å². The Balaban J connectivity index is 1.65. The smallest absolute Gasteiger partial charge is 0.251 e. The Morgan fingerprint density at radius 3 is 2.48 bits per heavy atom. The van der Waals surface area contributed by atoms with Crippen LogP contribution in [-0.4, -0.2) is 40.8 Å². The van der Waals surface area contributed by atoms with Crippen LogP contribution in [0, 0.1) is 5.92 Å². The molecule has 1 saturated carbocycles. The molecule has 1 aliphatic heterocycles. The van der Waals surface area contributed by atoms with Gasteiger partial charge in [0.1, 0.15) is 17.9 Å². The summed E-state index contributed by atoms with van der Waals surface area (Å²) in [5.41, 5.74) is 7.29. The molecule has 1 fully saturated rings. The van der Waals surface area contributed by atoms with Crippen molar-refractivity contribution >= 4 is 29.2 Å². The molecule has 174 valence electrons. The fourth-order valence-corrected chi connectivity index (χ4v) is 4.75. The molecule has 2 aliphatic rings. The molecule has 8 nitrogen and oxygen atoms in total. The zero-order chi connectivity index (χ0) is 23.4. The molecule has 1 aromatic heterocycles. The molecule has 33 heavy (non-hydrogen) atoms. The van der Waals surface area contributed by atoms with E-state index in [0.717, 1.165) is 37.7 Å². The van der Waals surface area contributed by atoms with Crippen LogP contribution < -0.4 is 21.3 Å². The molecule has 2 aromatic rings. The Hall–Kier alpha value is -3.26. The maximum atomic E-state index is 14.0. The van der Waals surface area contributed by atoms with Gasteiger partial charge in [0, 0.05) is 18.3 Å². The van der Waals surface area contributed by atoms with E-state index in [4.69, 9.17) is 5.73 Å². The molecule has 4 rings (SSSR count). The number of para-hydroxylation sites is 1. The van der Waals surface area contributed by atoms with Gasteiger partial charge in [-0.15, -0.1) is 0 Å². The van der Waals surface area contributed by atoms with Crippen molar-refractivity contribution in [2.45, 2.75) is 63.6 Å². The van der Waals surface area contributed by atoms with Gasteiger partial charge in [-0.3, -0.25) is 19.3 Å². The number of nitrogens with two attached hydrogens (primary N) is 1. The number of benzene rings is 1. The highest BCUT2D eigenvalue weighted by Crippen LogP contribution is 2.34. The second-order valence-corrected chi connectivity index (χ2v) is 8.94. The largest absolute Gasteiger partial charge is 0.343 e. The van der Waals surface area contributed by atoms with Crippen molar-refractivity contribution in [3.05, 3.63) is 54.2 Å². The number of pyridine rings is 1. The van der Waals surface area contributed by atoms with E-state index in [1.807, 2.05) is 24.3 Å². The van der Waals surface area contributed by atoms with Crippen LogP contribution in [0.3, 0.4) is 0 Å². The predicted molar refractivity (Wildman–Crippen MR) is 126 cm³/mol. The average molecular weight is 450 g/mol. The van der Waals surface area contributed by atoms with Gasteiger partial charge in [-0.2, -0.15) is 0 Å². The molecule has 1 aromatic carbocycles. The van der Waals surface area contributed by atoms with E-state index in [1.54, 1.807) is 31.3 Å². The number of fused-ring (bicyclic) bond motifs is 1. The number of nitrogens with zero attached hydrogens (tertiary/aromatic N) is 2. The zero-order valence-corrected chi connectivity index (χ0v) is 18.9. The highest BCUT2D eigenvalue weighted by Gasteiger charge is 2.44. The molecule has 0 saturated heterocycles. The zero-order valence-electron chi connectivity index (χ0n) is 18.9. The normalized spacial score (nSPS) is 19.9. The van der Waals surface area contributed by atoms with E-state index in [-0.39, 0.29) is 23.6 Å². The number of carbonyl (C=O) groups excluding carboxylic acids is 3. The number of anilines is 2. The van der Waals surface area contributed by atoms with Crippen LogP contribution in [0.15, 0.2) is 48.7 Å². The lowest BCUT2D eigenvalue weighted by Gasteiger charge is -2.34. The van der Waals surface area contributed by atoms with E-state index < -0.39 is 18.1 Å². The molecule has 0 spiro atoms. The number of nitrogens with one attached hydrogen (secondary N) is 2. The second-order valence-electron chi connectivity index (χ2n) is 8.94. The highest BCUT2D eigenvalue weighted by molar-refractivity contribution is 6.09. The number of amides is 3. The summed E-state index contributed by atoms with van der Waals surface area (Å²) in [5.74, 6) is -0.481. The van der Waals surface area contributed by atoms with Gasteiger partial charge >= 0.3 is 0 Å². The van der Waals surface area contributed by atoms with Crippen molar-refractivity contribution in [3.8, 4) is 0 Å². The van der Waals surface area contributed by atoms with Crippen molar-refractivity contribution in [2.24, 2.45) is 11.7 Å². The van der Waals surface area contributed by atoms with E-state index >= 15 is 0 Å².